The molecule has 0 bridgehead atoms. The number of carbonyl (C=O) groups is 1. The molecule has 3 aromatic rings. The molecule has 1 spiro atoms. The number of fused-ring (bicyclic) bond motifs is 2. The van der Waals surface area contributed by atoms with E-state index in [-0.39, 0.29) is 35.3 Å². The maximum absolute atomic E-state index is 14.4. The van der Waals surface area contributed by atoms with Crippen LogP contribution in [0.15, 0.2) is 71.7 Å². The number of anilines is 1. The molecular weight excluding hydrogens is 500 g/mol. The number of amides is 1. The topological polar surface area (TPSA) is 101 Å². The fourth-order valence-corrected chi connectivity index (χ4v) is 8.97. The van der Waals surface area contributed by atoms with Crippen molar-refractivity contribution in [1.82, 2.24) is 4.57 Å². The Balaban J connectivity index is 1.70. The Bertz CT molecular complexity index is 1400. The van der Waals surface area contributed by atoms with Gasteiger partial charge in [-0.15, -0.1) is 0 Å². The van der Waals surface area contributed by atoms with Gasteiger partial charge in [-0.1, -0.05) is 37.3 Å². The largest absolute Gasteiger partial charge is 0.491 e. The highest BCUT2D eigenvalue weighted by Crippen LogP contribution is 2.60. The molecular formula is C29H34N2O6Si. The average molecular weight is 535 g/mol. The van der Waals surface area contributed by atoms with Crippen LogP contribution in [0.5, 0.6) is 5.75 Å². The smallest absolute Gasteiger partial charge is 0.297 e. The number of ether oxygens (including phenoxy) is 2. The summed E-state index contributed by atoms with van der Waals surface area (Å²) in [4.78, 5) is 40.5. The van der Waals surface area contributed by atoms with Gasteiger partial charge in [0.05, 0.1) is 25.4 Å². The number of rotatable bonds is 7. The number of methoxy groups -OCH3 is 1. The number of benzene rings is 2. The monoisotopic (exact) mass is 534 g/mol. The van der Waals surface area contributed by atoms with Crippen molar-refractivity contribution in [2.45, 2.75) is 50.2 Å². The molecule has 1 saturated heterocycles. The number of nitrogens with zero attached hydrogens (tertiary/aromatic N) is 2. The van der Waals surface area contributed by atoms with Crippen molar-refractivity contribution < 1.29 is 24.2 Å². The minimum absolute atomic E-state index is 0.109. The first-order valence-electron chi connectivity index (χ1n) is 12.9. The van der Waals surface area contributed by atoms with Crippen LogP contribution in [0, 0.1) is 5.92 Å². The van der Waals surface area contributed by atoms with Crippen LogP contribution in [0.25, 0.3) is 5.69 Å². The zero-order valence-electron chi connectivity index (χ0n) is 22.1. The van der Waals surface area contributed by atoms with Gasteiger partial charge in [-0.3, -0.25) is 14.2 Å². The molecule has 2 aliphatic heterocycles. The molecule has 1 amide bonds. The van der Waals surface area contributed by atoms with Gasteiger partial charge in [0.2, 0.25) is 0 Å². The summed E-state index contributed by atoms with van der Waals surface area (Å²) in [7, 11) is -1.35. The zero-order chi connectivity index (χ0) is 27.2. The molecule has 8 nitrogen and oxygen atoms in total. The van der Waals surface area contributed by atoms with E-state index < -0.39 is 20.0 Å². The lowest BCUT2D eigenvalue weighted by molar-refractivity contribution is -0.146. The van der Waals surface area contributed by atoms with Crippen molar-refractivity contribution >= 4 is 19.9 Å². The number of hydrogen-bond acceptors (Lipinski definition) is 6. The van der Waals surface area contributed by atoms with E-state index >= 15 is 0 Å². The van der Waals surface area contributed by atoms with Gasteiger partial charge in [-0.2, -0.15) is 0 Å². The Kier molecular flexibility index (Phi) is 6.81. The van der Waals surface area contributed by atoms with Crippen LogP contribution in [0.2, 0.25) is 18.6 Å². The van der Waals surface area contributed by atoms with Crippen LogP contribution in [0.1, 0.15) is 24.5 Å². The van der Waals surface area contributed by atoms with Crippen LogP contribution < -0.4 is 15.2 Å². The summed E-state index contributed by atoms with van der Waals surface area (Å²) in [6, 6.07) is 18.6. The summed E-state index contributed by atoms with van der Waals surface area (Å²) >= 11 is 0. The fourth-order valence-electron chi connectivity index (χ4n) is 6.37. The molecule has 2 aliphatic rings. The van der Waals surface area contributed by atoms with Crippen molar-refractivity contribution in [3.05, 3.63) is 88.3 Å². The van der Waals surface area contributed by atoms with E-state index in [1.807, 2.05) is 68.5 Å². The second-order valence-electron chi connectivity index (χ2n) is 10.7. The van der Waals surface area contributed by atoms with Crippen LogP contribution in [0.4, 0.5) is 5.69 Å². The third-order valence-corrected chi connectivity index (χ3v) is 10.5. The first-order valence-corrected chi connectivity index (χ1v) is 15.9. The molecule has 0 radical (unpaired) electrons. The predicted octanol–water partition coefficient (Wildman–Crippen LogP) is 3.57. The lowest BCUT2D eigenvalue weighted by Crippen LogP contribution is -2.46. The summed E-state index contributed by atoms with van der Waals surface area (Å²) < 4.78 is 13.4. The fraction of sp³-hybridized carbons (Fsp3) is 0.379. The molecule has 5 rings (SSSR count). The third kappa shape index (κ3) is 4.10. The van der Waals surface area contributed by atoms with E-state index in [9.17, 15) is 19.5 Å². The number of carbonyl (C=O) groups excluding carboxylic acids is 1. The van der Waals surface area contributed by atoms with Gasteiger partial charge in [-0.25, -0.2) is 0 Å². The summed E-state index contributed by atoms with van der Waals surface area (Å²) in [6.45, 7) is 5.93. The molecule has 0 aliphatic carbocycles. The molecule has 0 unspecified atom stereocenters. The SMILES string of the molecule is COc1cccn(-c2ccc3c(c2)[C@]2(O[C@@H](CCO)[C@H]([Si](C)(C)O)[C@H]2C)C(=O)N3Cc2ccccc2)c1=O. The Morgan fingerprint density at radius 3 is 2.47 bits per heavy atom. The van der Waals surface area contributed by atoms with Crippen LogP contribution in [-0.4, -0.2) is 48.5 Å². The standard InChI is InChI=1S/C29H34N2O6Si/c1-19-26(38(3,4)35)24(14-16-32)37-29(19)22-17-21(30-15-8-11-25(36-2)27(30)33)12-13-23(22)31(28(29)34)18-20-9-6-5-7-10-20/h5-13,15,17,19,24,26,32,35H,14,16,18H2,1-4H3/t19-,24+,26-,29+/m1/s1. The summed E-state index contributed by atoms with van der Waals surface area (Å²) in [5.41, 5.74) is 1.01. The molecule has 0 saturated carbocycles. The second kappa shape index (κ2) is 9.81. The molecule has 2 aromatic carbocycles. The highest BCUT2D eigenvalue weighted by atomic mass is 28.4. The predicted molar refractivity (Wildman–Crippen MR) is 147 cm³/mol. The first-order chi connectivity index (χ1) is 18.1. The number of hydrogen-bond donors (Lipinski definition) is 2. The number of pyridine rings is 1. The summed E-state index contributed by atoms with van der Waals surface area (Å²) in [5, 5.41) is 9.82. The zero-order valence-corrected chi connectivity index (χ0v) is 23.1. The second-order valence-corrected chi connectivity index (χ2v) is 14.7. The Labute approximate surface area is 223 Å². The molecule has 1 aromatic heterocycles. The maximum Gasteiger partial charge on any atom is 0.297 e. The lowest BCUT2D eigenvalue weighted by atomic mass is 9.82. The van der Waals surface area contributed by atoms with Gasteiger partial charge in [0.1, 0.15) is 0 Å². The molecule has 200 valence electrons. The van der Waals surface area contributed by atoms with E-state index in [1.165, 1.54) is 11.7 Å². The van der Waals surface area contributed by atoms with Crippen molar-refractivity contribution in [3.8, 4) is 11.4 Å². The third-order valence-electron chi connectivity index (χ3n) is 7.97. The van der Waals surface area contributed by atoms with Gasteiger partial charge in [0, 0.05) is 35.5 Å². The van der Waals surface area contributed by atoms with E-state index in [4.69, 9.17) is 9.47 Å². The van der Waals surface area contributed by atoms with Gasteiger partial charge >= 0.3 is 0 Å². The molecule has 3 heterocycles. The number of aliphatic hydroxyl groups excluding tert-OH is 1. The molecule has 4 atom stereocenters. The van der Waals surface area contributed by atoms with Crippen LogP contribution >= 0.6 is 0 Å². The highest BCUT2D eigenvalue weighted by Gasteiger charge is 2.66. The molecule has 1 fully saturated rings. The molecule has 38 heavy (non-hydrogen) atoms. The summed E-state index contributed by atoms with van der Waals surface area (Å²) in [5.74, 6) is -0.330. The van der Waals surface area contributed by atoms with Crippen molar-refractivity contribution in [2.75, 3.05) is 18.6 Å². The van der Waals surface area contributed by atoms with Crippen molar-refractivity contribution in [1.29, 1.82) is 0 Å². The van der Waals surface area contributed by atoms with Gasteiger partial charge in [0.25, 0.3) is 11.5 Å². The summed E-state index contributed by atoms with van der Waals surface area (Å²) in [6.07, 6.45) is 1.51. The number of aliphatic hydroxyl groups is 1. The Morgan fingerprint density at radius 2 is 1.82 bits per heavy atom. The van der Waals surface area contributed by atoms with E-state index in [0.717, 1.165) is 5.56 Å². The van der Waals surface area contributed by atoms with E-state index in [1.54, 1.807) is 23.2 Å². The quantitative estimate of drug-likeness (QED) is 0.450. The van der Waals surface area contributed by atoms with Crippen LogP contribution in [-0.2, 0) is 21.7 Å². The van der Waals surface area contributed by atoms with Crippen molar-refractivity contribution in [2.24, 2.45) is 5.92 Å². The van der Waals surface area contributed by atoms with Gasteiger partial charge in [-0.05, 0) is 55.4 Å². The van der Waals surface area contributed by atoms with Crippen LogP contribution in [0.3, 0.4) is 0 Å². The highest BCUT2D eigenvalue weighted by molar-refractivity contribution is 6.71. The minimum atomic E-state index is -2.81. The first kappa shape index (κ1) is 26.4. The normalized spacial score (nSPS) is 24.7. The Morgan fingerprint density at radius 1 is 1.08 bits per heavy atom. The Hall–Kier alpha value is -3.24. The van der Waals surface area contributed by atoms with Gasteiger partial charge in [0.15, 0.2) is 19.7 Å². The van der Waals surface area contributed by atoms with E-state index in [0.29, 0.717) is 29.9 Å². The lowest BCUT2D eigenvalue weighted by Gasteiger charge is -2.32. The number of aromatic nitrogens is 1. The van der Waals surface area contributed by atoms with E-state index in [2.05, 4.69) is 0 Å². The minimum Gasteiger partial charge on any atom is -0.491 e. The average Bonchev–Trinajstić information content (AvgIpc) is 3.31. The maximum atomic E-state index is 14.4. The molecule has 9 heteroatoms. The van der Waals surface area contributed by atoms with Crippen molar-refractivity contribution in [3.63, 3.8) is 0 Å². The van der Waals surface area contributed by atoms with Gasteiger partial charge < -0.3 is 24.3 Å². The molecule has 2 N–H and O–H groups in total.